The predicted octanol–water partition coefficient (Wildman–Crippen LogP) is 3.84. The summed E-state index contributed by atoms with van der Waals surface area (Å²) in [7, 11) is 0. The van der Waals surface area contributed by atoms with E-state index in [-0.39, 0.29) is 5.78 Å². The number of halogens is 1. The summed E-state index contributed by atoms with van der Waals surface area (Å²) < 4.78 is 1.00. The van der Waals surface area contributed by atoms with E-state index in [1.165, 1.54) is 0 Å². The molecule has 70 valence electrons. The summed E-state index contributed by atoms with van der Waals surface area (Å²) in [5.74, 6) is 0.192. The number of Topliss-reactive ketones (excluding diaryl/α,β-unsaturated/α-hetero) is 1. The lowest BCUT2D eigenvalue weighted by atomic mass is 10.1. The third kappa shape index (κ3) is 4.04. The van der Waals surface area contributed by atoms with Gasteiger partial charge in [-0.15, -0.1) is 13.2 Å². The Morgan fingerprint density at radius 1 is 1.31 bits per heavy atom. The van der Waals surface area contributed by atoms with Crippen molar-refractivity contribution in [3.63, 3.8) is 0 Å². The monoisotopic (exact) mass is 240 g/mol. The van der Waals surface area contributed by atoms with Gasteiger partial charge in [-0.05, 0) is 12.1 Å². The van der Waals surface area contributed by atoms with Crippen LogP contribution in [0.4, 0.5) is 0 Å². The number of hydrogen-bond acceptors (Lipinski definition) is 1. The fourth-order valence-corrected chi connectivity index (χ4v) is 1.10. The van der Waals surface area contributed by atoms with Gasteiger partial charge in [0, 0.05) is 16.5 Å². The molecule has 0 saturated heterocycles. The summed E-state index contributed by atoms with van der Waals surface area (Å²) >= 11 is 3.31. The van der Waals surface area contributed by atoms with Gasteiger partial charge < -0.3 is 0 Å². The average Bonchev–Trinajstić information content (AvgIpc) is 2.21. The van der Waals surface area contributed by atoms with E-state index < -0.39 is 0 Å². The maximum Gasteiger partial charge on any atom is 0.162 e. The molecule has 0 aliphatic rings. The van der Waals surface area contributed by atoms with Crippen molar-refractivity contribution in [3.8, 4) is 0 Å². The van der Waals surface area contributed by atoms with Gasteiger partial charge in [-0.25, -0.2) is 0 Å². The van der Waals surface area contributed by atoms with E-state index in [0.29, 0.717) is 6.42 Å². The molecule has 0 amide bonds. The van der Waals surface area contributed by atoms with E-state index in [9.17, 15) is 4.79 Å². The van der Waals surface area contributed by atoms with E-state index >= 15 is 0 Å². The Balaban J connectivity index is 0.000000671. The highest BCUT2D eigenvalue weighted by molar-refractivity contribution is 9.10. The minimum atomic E-state index is 0.192. The quantitative estimate of drug-likeness (QED) is 0.567. The van der Waals surface area contributed by atoms with E-state index in [0.717, 1.165) is 10.0 Å². The summed E-state index contributed by atoms with van der Waals surface area (Å²) in [6.45, 7) is 7.87. The number of rotatable bonds is 2. The molecule has 0 aliphatic heterocycles. The van der Waals surface area contributed by atoms with Crippen LogP contribution >= 0.6 is 15.9 Å². The van der Waals surface area contributed by atoms with Crippen LogP contribution in [0.25, 0.3) is 0 Å². The third-order valence-corrected chi connectivity index (χ3v) is 2.02. The molecule has 0 N–H and O–H groups in total. The fourth-order valence-electron chi connectivity index (χ4n) is 0.840. The summed E-state index contributed by atoms with van der Waals surface area (Å²) in [5.41, 5.74) is 0.788. The lowest BCUT2D eigenvalue weighted by Gasteiger charge is -1.96. The van der Waals surface area contributed by atoms with E-state index in [4.69, 9.17) is 0 Å². The van der Waals surface area contributed by atoms with Crippen LogP contribution in [-0.2, 0) is 0 Å². The maximum atomic E-state index is 11.1. The first kappa shape index (κ1) is 12.1. The van der Waals surface area contributed by atoms with Gasteiger partial charge >= 0.3 is 0 Å². The molecule has 0 radical (unpaired) electrons. The fraction of sp³-hybridized carbons (Fsp3) is 0.182. The molecule has 0 aromatic heterocycles. The van der Waals surface area contributed by atoms with Gasteiger partial charge in [0.2, 0.25) is 0 Å². The van der Waals surface area contributed by atoms with Gasteiger partial charge in [0.05, 0.1) is 0 Å². The van der Waals surface area contributed by atoms with Crippen molar-refractivity contribution in [1.29, 1.82) is 0 Å². The van der Waals surface area contributed by atoms with Gasteiger partial charge in [-0.3, -0.25) is 4.79 Å². The van der Waals surface area contributed by atoms with Crippen LogP contribution in [0.1, 0.15) is 23.7 Å². The molecule has 1 nitrogen and oxygen atoms in total. The Labute approximate surface area is 87.6 Å². The highest BCUT2D eigenvalue weighted by Gasteiger charge is 2.00. The molecule has 0 spiro atoms. The second-order valence-corrected chi connectivity index (χ2v) is 3.20. The zero-order chi connectivity index (χ0) is 10.3. The highest BCUT2D eigenvalue weighted by Crippen LogP contribution is 2.11. The first-order chi connectivity index (χ1) is 6.24. The van der Waals surface area contributed by atoms with Crippen LogP contribution < -0.4 is 0 Å². The molecular weight excluding hydrogens is 228 g/mol. The minimum Gasteiger partial charge on any atom is -0.294 e. The Kier molecular flexibility index (Phi) is 6.15. The van der Waals surface area contributed by atoms with Crippen molar-refractivity contribution in [3.05, 3.63) is 47.5 Å². The SMILES string of the molecule is C=C.CCC(=O)c1ccc(Br)cc1. The maximum absolute atomic E-state index is 11.1. The predicted molar refractivity (Wildman–Crippen MR) is 60.0 cm³/mol. The first-order valence-electron chi connectivity index (χ1n) is 4.03. The van der Waals surface area contributed by atoms with Crippen LogP contribution in [0.2, 0.25) is 0 Å². The van der Waals surface area contributed by atoms with Crippen LogP contribution in [-0.4, -0.2) is 5.78 Å². The number of hydrogen-bond donors (Lipinski definition) is 0. The smallest absolute Gasteiger partial charge is 0.162 e. The molecule has 13 heavy (non-hydrogen) atoms. The van der Waals surface area contributed by atoms with Crippen molar-refractivity contribution in [1.82, 2.24) is 0 Å². The van der Waals surface area contributed by atoms with Crippen LogP contribution in [0.5, 0.6) is 0 Å². The van der Waals surface area contributed by atoms with Gasteiger partial charge in [0.15, 0.2) is 5.78 Å². The summed E-state index contributed by atoms with van der Waals surface area (Å²) in [6, 6.07) is 7.41. The topological polar surface area (TPSA) is 17.1 Å². The normalized spacial score (nSPS) is 8.46. The minimum absolute atomic E-state index is 0.192. The van der Waals surface area contributed by atoms with E-state index in [1.54, 1.807) is 0 Å². The van der Waals surface area contributed by atoms with Crippen molar-refractivity contribution >= 4 is 21.7 Å². The number of carbonyl (C=O) groups is 1. The zero-order valence-corrected chi connectivity index (χ0v) is 9.30. The van der Waals surface area contributed by atoms with Gasteiger partial charge in [0.25, 0.3) is 0 Å². The molecule has 1 rings (SSSR count). The van der Waals surface area contributed by atoms with Crippen molar-refractivity contribution in [2.24, 2.45) is 0 Å². The summed E-state index contributed by atoms with van der Waals surface area (Å²) in [5, 5.41) is 0. The Morgan fingerprint density at radius 3 is 2.15 bits per heavy atom. The molecule has 1 aromatic rings. The Morgan fingerprint density at radius 2 is 1.77 bits per heavy atom. The van der Waals surface area contributed by atoms with Crippen LogP contribution in [0.3, 0.4) is 0 Å². The molecule has 0 aliphatic carbocycles. The van der Waals surface area contributed by atoms with E-state index in [2.05, 4.69) is 29.1 Å². The molecule has 0 atom stereocenters. The Bertz CT molecular complexity index is 264. The summed E-state index contributed by atoms with van der Waals surface area (Å²) in [6.07, 6.45) is 0.571. The molecule has 0 unspecified atom stereocenters. The number of ketones is 1. The lowest BCUT2D eigenvalue weighted by molar-refractivity contribution is 0.0988. The van der Waals surface area contributed by atoms with Crippen LogP contribution in [0.15, 0.2) is 41.9 Å². The molecule has 0 bridgehead atoms. The van der Waals surface area contributed by atoms with E-state index in [1.807, 2.05) is 31.2 Å². The molecular formula is C11H13BrO. The van der Waals surface area contributed by atoms with Gasteiger partial charge in [0.1, 0.15) is 0 Å². The summed E-state index contributed by atoms with van der Waals surface area (Å²) in [4.78, 5) is 11.1. The molecule has 1 aromatic carbocycles. The zero-order valence-electron chi connectivity index (χ0n) is 7.72. The highest BCUT2D eigenvalue weighted by atomic mass is 79.9. The molecule has 0 saturated carbocycles. The molecule has 2 heteroatoms. The van der Waals surface area contributed by atoms with Crippen molar-refractivity contribution in [2.75, 3.05) is 0 Å². The second kappa shape index (κ2) is 6.61. The number of carbonyl (C=O) groups excluding carboxylic acids is 1. The van der Waals surface area contributed by atoms with Gasteiger partial charge in [-0.1, -0.05) is 35.0 Å². The molecule has 0 fully saturated rings. The van der Waals surface area contributed by atoms with Crippen LogP contribution in [0, 0.1) is 0 Å². The standard InChI is InChI=1S/C9H9BrO.C2H4/c1-2-9(11)7-3-5-8(10)6-4-7;1-2/h3-6H,2H2,1H3;1-2H2. The Hall–Kier alpha value is -0.890. The average molecular weight is 241 g/mol. The van der Waals surface area contributed by atoms with Crippen molar-refractivity contribution in [2.45, 2.75) is 13.3 Å². The number of benzene rings is 1. The second-order valence-electron chi connectivity index (χ2n) is 2.28. The largest absolute Gasteiger partial charge is 0.294 e. The lowest BCUT2D eigenvalue weighted by Crippen LogP contribution is -1.94. The molecule has 0 heterocycles. The van der Waals surface area contributed by atoms with Crippen molar-refractivity contribution < 1.29 is 4.79 Å². The third-order valence-electron chi connectivity index (χ3n) is 1.49. The first-order valence-corrected chi connectivity index (χ1v) is 4.82. The van der Waals surface area contributed by atoms with Gasteiger partial charge in [-0.2, -0.15) is 0 Å².